The highest BCUT2D eigenvalue weighted by Crippen LogP contribution is 2.37. The quantitative estimate of drug-likeness (QED) is 0.779. The molecule has 2 aromatic rings. The van der Waals surface area contributed by atoms with E-state index in [1.54, 1.807) is 13.2 Å². The number of likely N-dealkylation sites (tertiary alicyclic amines) is 1. The van der Waals surface area contributed by atoms with Gasteiger partial charge in [-0.05, 0) is 56.8 Å². The number of benzene rings is 1. The standard InChI is InChI=1S/C22H27FN2O3/c1-14-8-17(10-22(24-14)26-3)9-16-4-5-25(13-16)15(2)18-11-20-21(12-19(18)23)28-7-6-27-20/h8,10-12,15-16H,4-7,9,13H2,1-3H3/t15-,16+/m1/s1. The molecule has 1 fully saturated rings. The van der Waals surface area contributed by atoms with Crippen LogP contribution < -0.4 is 14.2 Å². The number of pyridine rings is 1. The fraction of sp³-hybridized carbons (Fsp3) is 0.500. The van der Waals surface area contributed by atoms with E-state index in [2.05, 4.69) is 22.9 Å². The van der Waals surface area contributed by atoms with Crippen LogP contribution in [0.3, 0.4) is 0 Å². The predicted octanol–water partition coefficient (Wildman–Crippen LogP) is 3.93. The Hall–Kier alpha value is -2.34. The maximum Gasteiger partial charge on any atom is 0.213 e. The average Bonchev–Trinajstić information content (AvgIpc) is 3.14. The van der Waals surface area contributed by atoms with Gasteiger partial charge in [0.1, 0.15) is 19.0 Å². The Morgan fingerprint density at radius 2 is 1.96 bits per heavy atom. The average molecular weight is 386 g/mol. The first-order valence-electron chi connectivity index (χ1n) is 9.88. The molecule has 150 valence electrons. The Morgan fingerprint density at radius 1 is 1.21 bits per heavy atom. The molecular weight excluding hydrogens is 359 g/mol. The number of aryl methyl sites for hydroxylation is 1. The number of fused-ring (bicyclic) bond motifs is 1. The summed E-state index contributed by atoms with van der Waals surface area (Å²) in [5.41, 5.74) is 2.89. The molecule has 1 aromatic heterocycles. The molecule has 28 heavy (non-hydrogen) atoms. The van der Waals surface area contributed by atoms with E-state index in [0.717, 1.165) is 31.6 Å². The van der Waals surface area contributed by atoms with Crippen LogP contribution in [0.1, 0.15) is 36.2 Å². The van der Waals surface area contributed by atoms with Crippen molar-refractivity contribution in [3.05, 3.63) is 46.9 Å². The first-order chi connectivity index (χ1) is 13.5. The second-order valence-electron chi connectivity index (χ2n) is 7.71. The van der Waals surface area contributed by atoms with Crippen LogP contribution in [0.5, 0.6) is 17.4 Å². The van der Waals surface area contributed by atoms with Crippen LogP contribution in [0.25, 0.3) is 0 Å². The number of methoxy groups -OCH3 is 1. The molecule has 1 aromatic carbocycles. The summed E-state index contributed by atoms with van der Waals surface area (Å²) >= 11 is 0. The van der Waals surface area contributed by atoms with Crippen molar-refractivity contribution in [3.63, 3.8) is 0 Å². The topological polar surface area (TPSA) is 43.8 Å². The molecular formula is C22H27FN2O3. The van der Waals surface area contributed by atoms with Gasteiger partial charge < -0.3 is 14.2 Å². The van der Waals surface area contributed by atoms with Gasteiger partial charge in [0.25, 0.3) is 0 Å². The molecule has 0 unspecified atom stereocenters. The summed E-state index contributed by atoms with van der Waals surface area (Å²) in [4.78, 5) is 6.71. The van der Waals surface area contributed by atoms with E-state index in [9.17, 15) is 4.39 Å². The van der Waals surface area contributed by atoms with Crippen LogP contribution >= 0.6 is 0 Å². The third-order valence-electron chi connectivity index (χ3n) is 5.70. The van der Waals surface area contributed by atoms with Crippen LogP contribution in [0.15, 0.2) is 24.3 Å². The van der Waals surface area contributed by atoms with Gasteiger partial charge in [0.2, 0.25) is 5.88 Å². The molecule has 5 nitrogen and oxygen atoms in total. The number of ether oxygens (including phenoxy) is 3. The Labute approximate surface area is 165 Å². The summed E-state index contributed by atoms with van der Waals surface area (Å²) in [6.45, 7) is 6.93. The Morgan fingerprint density at radius 3 is 2.71 bits per heavy atom. The molecule has 0 spiro atoms. The van der Waals surface area contributed by atoms with Gasteiger partial charge >= 0.3 is 0 Å². The number of hydrogen-bond donors (Lipinski definition) is 0. The lowest BCUT2D eigenvalue weighted by Gasteiger charge is -2.27. The molecule has 3 heterocycles. The number of hydrogen-bond acceptors (Lipinski definition) is 5. The summed E-state index contributed by atoms with van der Waals surface area (Å²) in [6, 6.07) is 7.39. The molecule has 1 saturated heterocycles. The van der Waals surface area contributed by atoms with Crippen LogP contribution in [0, 0.1) is 18.7 Å². The number of nitrogens with zero attached hydrogens (tertiary/aromatic N) is 2. The summed E-state index contributed by atoms with van der Waals surface area (Å²) in [5.74, 6) is 2.12. The molecule has 6 heteroatoms. The lowest BCUT2D eigenvalue weighted by Crippen LogP contribution is -2.26. The minimum Gasteiger partial charge on any atom is -0.486 e. The zero-order valence-electron chi connectivity index (χ0n) is 16.7. The molecule has 0 amide bonds. The monoisotopic (exact) mass is 386 g/mol. The summed E-state index contributed by atoms with van der Waals surface area (Å²) in [6.07, 6.45) is 2.08. The highest BCUT2D eigenvalue weighted by atomic mass is 19.1. The van der Waals surface area contributed by atoms with Crippen molar-refractivity contribution in [3.8, 4) is 17.4 Å². The van der Waals surface area contributed by atoms with E-state index in [-0.39, 0.29) is 11.9 Å². The Balaban J connectivity index is 1.45. The van der Waals surface area contributed by atoms with E-state index in [1.807, 2.05) is 13.0 Å². The number of halogens is 1. The summed E-state index contributed by atoms with van der Waals surface area (Å²) in [5, 5.41) is 0. The van der Waals surface area contributed by atoms with Crippen LogP contribution in [0.2, 0.25) is 0 Å². The van der Waals surface area contributed by atoms with Crippen molar-refractivity contribution in [2.45, 2.75) is 32.7 Å². The summed E-state index contributed by atoms with van der Waals surface area (Å²) in [7, 11) is 1.65. The van der Waals surface area contributed by atoms with Crippen LogP contribution in [-0.4, -0.2) is 43.3 Å². The van der Waals surface area contributed by atoms with Crippen molar-refractivity contribution in [2.75, 3.05) is 33.4 Å². The fourth-order valence-corrected chi connectivity index (χ4v) is 4.24. The first-order valence-corrected chi connectivity index (χ1v) is 9.88. The van der Waals surface area contributed by atoms with Gasteiger partial charge in [0.05, 0.1) is 7.11 Å². The molecule has 2 atom stereocenters. The molecule has 0 N–H and O–H groups in total. The normalized spacial score (nSPS) is 20.2. The third kappa shape index (κ3) is 3.92. The van der Waals surface area contributed by atoms with Gasteiger partial charge in [-0.2, -0.15) is 0 Å². The zero-order valence-corrected chi connectivity index (χ0v) is 16.7. The van der Waals surface area contributed by atoms with Crippen molar-refractivity contribution in [2.24, 2.45) is 5.92 Å². The van der Waals surface area contributed by atoms with Crippen molar-refractivity contribution < 1.29 is 18.6 Å². The number of rotatable bonds is 5. The maximum absolute atomic E-state index is 14.7. The van der Waals surface area contributed by atoms with E-state index >= 15 is 0 Å². The fourth-order valence-electron chi connectivity index (χ4n) is 4.24. The first kappa shape index (κ1) is 19.0. The molecule has 0 radical (unpaired) electrons. The van der Waals surface area contributed by atoms with Gasteiger partial charge in [-0.1, -0.05) is 0 Å². The Bertz CT molecular complexity index is 858. The lowest BCUT2D eigenvalue weighted by molar-refractivity contribution is 0.169. The van der Waals surface area contributed by atoms with E-state index in [1.165, 1.54) is 11.6 Å². The SMILES string of the molecule is COc1cc(C[C@@H]2CCN([C@H](C)c3cc4c(cc3F)OCCO4)C2)cc(C)n1. The molecule has 2 aliphatic rings. The van der Waals surface area contributed by atoms with E-state index in [4.69, 9.17) is 14.2 Å². The van der Waals surface area contributed by atoms with Crippen molar-refractivity contribution in [1.82, 2.24) is 9.88 Å². The van der Waals surface area contributed by atoms with E-state index < -0.39 is 0 Å². The molecule has 0 aliphatic carbocycles. The third-order valence-corrected chi connectivity index (χ3v) is 5.70. The minimum absolute atomic E-state index is 0.00506. The molecule has 0 saturated carbocycles. The van der Waals surface area contributed by atoms with Gasteiger partial charge in [-0.15, -0.1) is 0 Å². The molecule has 0 bridgehead atoms. The van der Waals surface area contributed by atoms with Gasteiger partial charge in [0.15, 0.2) is 11.5 Å². The minimum atomic E-state index is -0.227. The van der Waals surface area contributed by atoms with E-state index in [0.29, 0.717) is 42.1 Å². The van der Waals surface area contributed by atoms with Gasteiger partial charge in [-0.25, -0.2) is 9.37 Å². The summed E-state index contributed by atoms with van der Waals surface area (Å²) < 4.78 is 31.1. The zero-order chi connectivity index (χ0) is 19.7. The van der Waals surface area contributed by atoms with Gasteiger partial charge in [-0.3, -0.25) is 4.90 Å². The highest BCUT2D eigenvalue weighted by Gasteiger charge is 2.29. The lowest BCUT2D eigenvalue weighted by atomic mass is 9.98. The molecule has 4 rings (SSSR count). The largest absolute Gasteiger partial charge is 0.486 e. The van der Waals surface area contributed by atoms with Crippen molar-refractivity contribution >= 4 is 0 Å². The Kier molecular flexibility index (Phi) is 5.40. The second kappa shape index (κ2) is 7.95. The van der Waals surface area contributed by atoms with Crippen LogP contribution in [-0.2, 0) is 6.42 Å². The van der Waals surface area contributed by atoms with Gasteiger partial charge in [0, 0.05) is 36.0 Å². The smallest absolute Gasteiger partial charge is 0.213 e. The van der Waals surface area contributed by atoms with Crippen LogP contribution in [0.4, 0.5) is 4.39 Å². The maximum atomic E-state index is 14.7. The second-order valence-corrected chi connectivity index (χ2v) is 7.71. The predicted molar refractivity (Wildman–Crippen MR) is 105 cm³/mol. The number of aromatic nitrogens is 1. The molecule has 2 aliphatic heterocycles. The highest BCUT2D eigenvalue weighted by molar-refractivity contribution is 5.45. The van der Waals surface area contributed by atoms with Crippen molar-refractivity contribution in [1.29, 1.82) is 0 Å².